The Morgan fingerprint density at radius 3 is 2.07 bits per heavy atom. The Morgan fingerprint density at radius 1 is 0.889 bits per heavy atom. The second kappa shape index (κ2) is 6.88. The van der Waals surface area contributed by atoms with Crippen LogP contribution in [0, 0.1) is 6.92 Å². The van der Waals surface area contributed by atoms with Crippen molar-refractivity contribution in [3.8, 4) is 28.2 Å². The first-order valence-electron chi connectivity index (χ1n) is 8.55. The molecule has 2 aromatic carbocycles. The molecule has 4 aromatic rings. The van der Waals surface area contributed by atoms with Gasteiger partial charge in [0, 0.05) is 16.7 Å². The number of aromatic nitrogens is 3. The van der Waals surface area contributed by atoms with Crippen molar-refractivity contribution in [2.24, 2.45) is 0 Å². The Balaban J connectivity index is 1.93. The van der Waals surface area contributed by atoms with Crippen LogP contribution in [0.5, 0.6) is 0 Å². The maximum Gasteiger partial charge on any atom is 0.354 e. The topological polar surface area (TPSA) is 68.0 Å². The fourth-order valence-corrected chi connectivity index (χ4v) is 3.13. The van der Waals surface area contributed by atoms with Gasteiger partial charge in [0.2, 0.25) is 0 Å². The predicted octanol–water partition coefficient (Wildman–Crippen LogP) is 4.61. The number of nitrogens with zero attached hydrogens (tertiary/aromatic N) is 3. The Bertz CT molecular complexity index is 1090. The maximum absolute atomic E-state index is 11.1. The standard InChI is InChI=1S/C22H17N3O2/c1-15-20(16-8-4-2-5-9-16)24-25(21(15)17-10-6-3-7-11-17)18-12-13-19(22(26)27)23-14-18/h2-14H,1H3,(H,26,27). The fourth-order valence-electron chi connectivity index (χ4n) is 3.13. The summed E-state index contributed by atoms with van der Waals surface area (Å²) in [5.41, 5.74) is 5.68. The highest BCUT2D eigenvalue weighted by Crippen LogP contribution is 2.33. The molecule has 0 fully saturated rings. The fraction of sp³-hybridized carbons (Fsp3) is 0.0455. The van der Waals surface area contributed by atoms with Gasteiger partial charge in [0.1, 0.15) is 5.69 Å². The Hall–Kier alpha value is -3.73. The van der Waals surface area contributed by atoms with Crippen LogP contribution in [0.15, 0.2) is 79.0 Å². The lowest BCUT2D eigenvalue weighted by molar-refractivity contribution is 0.0690. The minimum Gasteiger partial charge on any atom is -0.477 e. The van der Waals surface area contributed by atoms with Crippen molar-refractivity contribution in [2.45, 2.75) is 6.92 Å². The van der Waals surface area contributed by atoms with E-state index in [-0.39, 0.29) is 5.69 Å². The average molecular weight is 355 g/mol. The van der Waals surface area contributed by atoms with Crippen molar-refractivity contribution in [1.29, 1.82) is 0 Å². The molecule has 0 aliphatic heterocycles. The van der Waals surface area contributed by atoms with E-state index >= 15 is 0 Å². The number of carbonyl (C=O) groups is 1. The quantitative estimate of drug-likeness (QED) is 0.580. The number of carboxylic acid groups (broad SMARTS) is 1. The summed E-state index contributed by atoms with van der Waals surface area (Å²) in [6.07, 6.45) is 1.54. The van der Waals surface area contributed by atoms with Crippen LogP contribution in [0.1, 0.15) is 16.1 Å². The van der Waals surface area contributed by atoms with Gasteiger partial charge in [-0.05, 0) is 19.1 Å². The van der Waals surface area contributed by atoms with Crippen LogP contribution >= 0.6 is 0 Å². The van der Waals surface area contributed by atoms with Crippen LogP contribution < -0.4 is 0 Å². The third-order valence-corrected chi connectivity index (χ3v) is 4.43. The first-order chi connectivity index (χ1) is 13.1. The molecule has 0 aliphatic carbocycles. The number of aromatic carboxylic acids is 1. The molecule has 132 valence electrons. The van der Waals surface area contributed by atoms with Crippen molar-refractivity contribution in [1.82, 2.24) is 14.8 Å². The van der Waals surface area contributed by atoms with Crippen molar-refractivity contribution in [3.63, 3.8) is 0 Å². The molecule has 0 atom stereocenters. The average Bonchev–Trinajstić information content (AvgIpc) is 3.06. The summed E-state index contributed by atoms with van der Waals surface area (Å²) in [5, 5.41) is 13.9. The van der Waals surface area contributed by atoms with Crippen LogP contribution in [0.25, 0.3) is 28.2 Å². The molecule has 0 bridgehead atoms. The largest absolute Gasteiger partial charge is 0.477 e. The van der Waals surface area contributed by atoms with Gasteiger partial charge in [-0.25, -0.2) is 14.5 Å². The Kier molecular flexibility index (Phi) is 4.26. The minimum absolute atomic E-state index is 0.00664. The van der Waals surface area contributed by atoms with Crippen molar-refractivity contribution in [2.75, 3.05) is 0 Å². The summed E-state index contributed by atoms with van der Waals surface area (Å²) in [6, 6.07) is 23.2. The monoisotopic (exact) mass is 355 g/mol. The molecule has 0 radical (unpaired) electrons. The van der Waals surface area contributed by atoms with E-state index in [4.69, 9.17) is 10.2 Å². The highest BCUT2D eigenvalue weighted by molar-refractivity contribution is 5.85. The number of carboxylic acids is 1. The molecule has 5 nitrogen and oxygen atoms in total. The molecule has 27 heavy (non-hydrogen) atoms. The first-order valence-corrected chi connectivity index (χ1v) is 8.55. The maximum atomic E-state index is 11.1. The highest BCUT2D eigenvalue weighted by atomic mass is 16.4. The number of benzene rings is 2. The van der Waals surface area contributed by atoms with Crippen molar-refractivity contribution in [3.05, 3.63) is 90.3 Å². The van der Waals surface area contributed by atoms with Crippen LogP contribution in [-0.2, 0) is 0 Å². The third kappa shape index (κ3) is 3.11. The summed E-state index contributed by atoms with van der Waals surface area (Å²) in [6.45, 7) is 2.05. The van der Waals surface area contributed by atoms with E-state index < -0.39 is 5.97 Å². The van der Waals surface area contributed by atoms with E-state index in [1.54, 1.807) is 6.07 Å². The molecule has 0 saturated carbocycles. The van der Waals surface area contributed by atoms with E-state index in [0.29, 0.717) is 5.69 Å². The molecule has 1 N–H and O–H groups in total. The number of hydrogen-bond donors (Lipinski definition) is 1. The zero-order valence-electron chi connectivity index (χ0n) is 14.7. The lowest BCUT2D eigenvalue weighted by Crippen LogP contribution is -2.04. The number of rotatable bonds is 4. The molecule has 4 rings (SSSR count). The third-order valence-electron chi connectivity index (χ3n) is 4.43. The van der Waals surface area contributed by atoms with Gasteiger partial charge in [-0.3, -0.25) is 0 Å². The molecular weight excluding hydrogens is 338 g/mol. The molecule has 0 spiro atoms. The predicted molar refractivity (Wildman–Crippen MR) is 104 cm³/mol. The lowest BCUT2D eigenvalue weighted by atomic mass is 10.0. The molecular formula is C22H17N3O2. The SMILES string of the molecule is Cc1c(-c2ccccc2)nn(-c2ccc(C(=O)O)nc2)c1-c1ccccc1. The minimum atomic E-state index is -1.05. The smallest absolute Gasteiger partial charge is 0.354 e. The zero-order chi connectivity index (χ0) is 18.8. The molecule has 0 amide bonds. The lowest BCUT2D eigenvalue weighted by Gasteiger charge is -2.08. The Morgan fingerprint density at radius 2 is 1.52 bits per heavy atom. The van der Waals surface area contributed by atoms with Crippen LogP contribution in [0.3, 0.4) is 0 Å². The summed E-state index contributed by atoms with van der Waals surface area (Å²) in [4.78, 5) is 15.1. The van der Waals surface area contributed by atoms with Gasteiger partial charge < -0.3 is 5.11 Å². The van der Waals surface area contributed by atoms with Gasteiger partial charge in [-0.15, -0.1) is 0 Å². The van der Waals surface area contributed by atoms with Gasteiger partial charge in [0.15, 0.2) is 0 Å². The van der Waals surface area contributed by atoms with Crippen molar-refractivity contribution >= 4 is 5.97 Å². The van der Waals surface area contributed by atoms with Gasteiger partial charge in [-0.2, -0.15) is 5.10 Å². The van der Waals surface area contributed by atoms with E-state index in [2.05, 4.69) is 4.98 Å². The summed E-state index contributed by atoms with van der Waals surface area (Å²) < 4.78 is 1.83. The van der Waals surface area contributed by atoms with E-state index in [1.807, 2.05) is 72.3 Å². The molecule has 2 heterocycles. The number of hydrogen-bond acceptors (Lipinski definition) is 3. The van der Waals surface area contributed by atoms with Gasteiger partial charge in [-0.1, -0.05) is 60.7 Å². The molecule has 5 heteroatoms. The van der Waals surface area contributed by atoms with Crippen LogP contribution in [0.2, 0.25) is 0 Å². The van der Waals surface area contributed by atoms with Gasteiger partial charge in [0.05, 0.1) is 23.3 Å². The van der Waals surface area contributed by atoms with E-state index in [0.717, 1.165) is 28.1 Å². The normalized spacial score (nSPS) is 10.7. The van der Waals surface area contributed by atoms with E-state index in [9.17, 15) is 4.79 Å². The summed E-state index contributed by atoms with van der Waals surface area (Å²) in [5.74, 6) is -1.05. The Labute approximate surface area is 156 Å². The van der Waals surface area contributed by atoms with Crippen molar-refractivity contribution < 1.29 is 9.90 Å². The molecule has 0 aliphatic rings. The number of pyridine rings is 1. The molecule has 0 saturated heterocycles. The van der Waals surface area contributed by atoms with Crippen LogP contribution in [0.4, 0.5) is 0 Å². The van der Waals surface area contributed by atoms with Gasteiger partial charge in [0.25, 0.3) is 0 Å². The van der Waals surface area contributed by atoms with Crippen LogP contribution in [-0.4, -0.2) is 25.8 Å². The van der Waals surface area contributed by atoms with Gasteiger partial charge >= 0.3 is 5.97 Å². The second-order valence-electron chi connectivity index (χ2n) is 6.17. The highest BCUT2D eigenvalue weighted by Gasteiger charge is 2.18. The summed E-state index contributed by atoms with van der Waals surface area (Å²) >= 11 is 0. The second-order valence-corrected chi connectivity index (χ2v) is 6.17. The molecule has 2 aromatic heterocycles. The van der Waals surface area contributed by atoms with E-state index in [1.165, 1.54) is 12.3 Å². The summed E-state index contributed by atoms with van der Waals surface area (Å²) in [7, 11) is 0. The zero-order valence-corrected chi connectivity index (χ0v) is 14.7. The first kappa shape index (κ1) is 16.7. The molecule has 0 unspecified atom stereocenters.